The van der Waals surface area contributed by atoms with Gasteiger partial charge < -0.3 is 35.2 Å². The molecule has 0 bridgehead atoms. The van der Waals surface area contributed by atoms with Gasteiger partial charge in [0.25, 0.3) is 0 Å². The molecule has 0 unspecified atom stereocenters. The van der Waals surface area contributed by atoms with Crippen LogP contribution in [0.25, 0.3) is 0 Å². The molecule has 0 aliphatic carbocycles. The first-order valence-corrected chi connectivity index (χ1v) is 6.20. The first-order chi connectivity index (χ1) is 9.81. The molecule has 0 aromatic rings. The van der Waals surface area contributed by atoms with Crippen molar-refractivity contribution in [2.45, 2.75) is 37.4 Å². The molecule has 1 aliphatic heterocycles. The molecule has 5 N–H and O–H groups in total. The summed E-state index contributed by atoms with van der Waals surface area (Å²) in [6.45, 7) is 0.430. The van der Waals surface area contributed by atoms with Crippen LogP contribution in [-0.2, 0) is 19.1 Å². The van der Waals surface area contributed by atoms with Crippen LogP contribution in [0.15, 0.2) is 11.8 Å². The van der Waals surface area contributed by atoms with E-state index in [0.29, 0.717) is 0 Å². The molecule has 1 rings (SSSR count). The molecule has 0 fully saturated rings. The summed E-state index contributed by atoms with van der Waals surface area (Å²) in [6, 6.07) is -1.10. The van der Waals surface area contributed by atoms with Gasteiger partial charge in [0, 0.05) is 6.92 Å². The SMILES string of the molecule is COC(=O)C1=C[C@H](O)[C@@H](NC(C)=O)[C@H]([C@H](O)[C@H](O)CO)O1. The number of ether oxygens (including phenoxy) is 2. The van der Waals surface area contributed by atoms with Crippen molar-refractivity contribution in [3.05, 3.63) is 11.8 Å². The number of carbonyl (C=O) groups excluding carboxylic acids is 2. The van der Waals surface area contributed by atoms with Gasteiger partial charge in [-0.3, -0.25) is 4.79 Å². The molecule has 21 heavy (non-hydrogen) atoms. The number of amides is 1. The van der Waals surface area contributed by atoms with Crippen molar-refractivity contribution in [2.75, 3.05) is 13.7 Å². The van der Waals surface area contributed by atoms with Gasteiger partial charge in [0.15, 0.2) is 6.10 Å². The number of aliphatic hydroxyl groups excluding tert-OH is 4. The summed E-state index contributed by atoms with van der Waals surface area (Å²) in [6.07, 6.45) is -4.88. The lowest BCUT2D eigenvalue weighted by Gasteiger charge is -2.38. The van der Waals surface area contributed by atoms with Gasteiger partial charge in [0.1, 0.15) is 18.3 Å². The molecule has 0 saturated carbocycles. The molecule has 0 radical (unpaired) electrons. The van der Waals surface area contributed by atoms with Crippen LogP contribution in [0.2, 0.25) is 0 Å². The summed E-state index contributed by atoms with van der Waals surface area (Å²) in [4.78, 5) is 22.6. The number of carbonyl (C=O) groups is 2. The summed E-state index contributed by atoms with van der Waals surface area (Å²) < 4.78 is 9.64. The van der Waals surface area contributed by atoms with Crippen LogP contribution in [0, 0.1) is 0 Å². The standard InChI is InChI=1S/C12H19NO8/c1-5(15)13-9-6(16)3-8(12(19)20-2)21-11(9)10(18)7(17)4-14/h3,6-7,9-11,14,16-18H,4H2,1-2H3,(H,13,15)/t6-,7+,9+,10+,11+/m0/s1. The third-order valence-corrected chi connectivity index (χ3v) is 2.98. The minimum absolute atomic E-state index is 0.360. The predicted molar refractivity (Wildman–Crippen MR) is 67.7 cm³/mol. The molecular weight excluding hydrogens is 286 g/mol. The second kappa shape index (κ2) is 7.36. The van der Waals surface area contributed by atoms with E-state index in [1.54, 1.807) is 0 Å². The normalized spacial score (nSPS) is 27.9. The minimum Gasteiger partial charge on any atom is -0.478 e. The monoisotopic (exact) mass is 305 g/mol. The van der Waals surface area contributed by atoms with E-state index in [4.69, 9.17) is 9.84 Å². The third-order valence-electron chi connectivity index (χ3n) is 2.98. The average molecular weight is 305 g/mol. The quantitative estimate of drug-likeness (QED) is 0.338. The molecule has 120 valence electrons. The van der Waals surface area contributed by atoms with Gasteiger partial charge in [-0.05, 0) is 6.08 Å². The Morgan fingerprint density at radius 2 is 2.10 bits per heavy atom. The molecule has 5 atom stereocenters. The Morgan fingerprint density at radius 3 is 2.57 bits per heavy atom. The maximum atomic E-state index is 11.4. The Morgan fingerprint density at radius 1 is 1.48 bits per heavy atom. The third kappa shape index (κ3) is 4.14. The summed E-state index contributed by atoms with van der Waals surface area (Å²) >= 11 is 0. The number of methoxy groups -OCH3 is 1. The highest BCUT2D eigenvalue weighted by molar-refractivity contribution is 5.86. The molecule has 1 amide bonds. The highest BCUT2D eigenvalue weighted by atomic mass is 16.6. The zero-order valence-electron chi connectivity index (χ0n) is 11.6. The molecular formula is C12H19NO8. The van der Waals surface area contributed by atoms with Crippen LogP contribution >= 0.6 is 0 Å². The van der Waals surface area contributed by atoms with Crippen molar-refractivity contribution in [1.82, 2.24) is 5.32 Å². The van der Waals surface area contributed by atoms with E-state index in [2.05, 4.69) is 10.1 Å². The Labute approximate surface area is 120 Å². The van der Waals surface area contributed by atoms with Crippen molar-refractivity contribution in [1.29, 1.82) is 0 Å². The van der Waals surface area contributed by atoms with E-state index in [1.807, 2.05) is 0 Å². The Hall–Kier alpha value is -1.68. The van der Waals surface area contributed by atoms with Crippen molar-refractivity contribution in [3.63, 3.8) is 0 Å². The number of aliphatic hydroxyl groups is 4. The van der Waals surface area contributed by atoms with Crippen molar-refractivity contribution in [2.24, 2.45) is 0 Å². The Balaban J connectivity index is 3.05. The number of hydrogen-bond acceptors (Lipinski definition) is 8. The number of rotatable bonds is 5. The molecule has 0 aromatic carbocycles. The second-order valence-electron chi connectivity index (χ2n) is 4.56. The molecule has 9 heteroatoms. The van der Waals surface area contributed by atoms with E-state index < -0.39 is 48.9 Å². The largest absolute Gasteiger partial charge is 0.478 e. The summed E-state index contributed by atoms with van der Waals surface area (Å²) in [5.41, 5.74) is 0. The highest BCUT2D eigenvalue weighted by Crippen LogP contribution is 2.23. The smallest absolute Gasteiger partial charge is 0.373 e. The van der Waals surface area contributed by atoms with Crippen molar-refractivity contribution >= 4 is 11.9 Å². The van der Waals surface area contributed by atoms with Crippen LogP contribution in [0.3, 0.4) is 0 Å². The van der Waals surface area contributed by atoms with Gasteiger partial charge >= 0.3 is 5.97 Å². The fourth-order valence-corrected chi connectivity index (χ4v) is 1.94. The number of esters is 1. The topological polar surface area (TPSA) is 146 Å². The van der Waals surface area contributed by atoms with Gasteiger partial charge in [-0.25, -0.2) is 4.79 Å². The first-order valence-electron chi connectivity index (χ1n) is 6.20. The van der Waals surface area contributed by atoms with Crippen molar-refractivity contribution in [3.8, 4) is 0 Å². The Bertz CT molecular complexity index is 423. The lowest BCUT2D eigenvalue weighted by atomic mass is 9.94. The molecule has 0 aromatic heterocycles. The fourth-order valence-electron chi connectivity index (χ4n) is 1.94. The maximum Gasteiger partial charge on any atom is 0.373 e. The van der Waals surface area contributed by atoms with Gasteiger partial charge in [-0.15, -0.1) is 0 Å². The first kappa shape index (κ1) is 17.4. The molecule has 0 spiro atoms. The zero-order chi connectivity index (χ0) is 16.2. The van der Waals surface area contributed by atoms with Gasteiger partial charge in [0.05, 0.1) is 19.8 Å². The molecule has 0 saturated heterocycles. The minimum atomic E-state index is -1.64. The van der Waals surface area contributed by atoms with Crippen LogP contribution in [0.5, 0.6) is 0 Å². The van der Waals surface area contributed by atoms with Crippen LogP contribution in [-0.4, -0.2) is 76.5 Å². The van der Waals surface area contributed by atoms with Crippen LogP contribution < -0.4 is 5.32 Å². The van der Waals surface area contributed by atoms with Crippen LogP contribution in [0.4, 0.5) is 0 Å². The fraction of sp³-hybridized carbons (Fsp3) is 0.667. The number of nitrogens with one attached hydrogen (secondary N) is 1. The van der Waals surface area contributed by atoms with E-state index in [0.717, 1.165) is 13.2 Å². The number of hydrogen-bond donors (Lipinski definition) is 5. The second-order valence-corrected chi connectivity index (χ2v) is 4.56. The predicted octanol–water partition coefficient (Wildman–Crippen LogP) is -2.98. The van der Waals surface area contributed by atoms with Crippen molar-refractivity contribution < 1.29 is 39.5 Å². The van der Waals surface area contributed by atoms with E-state index in [9.17, 15) is 24.9 Å². The molecule has 1 aliphatic rings. The lowest BCUT2D eigenvalue weighted by molar-refractivity contribution is -0.152. The Kier molecular flexibility index (Phi) is 6.09. The molecule has 1 heterocycles. The van der Waals surface area contributed by atoms with Gasteiger partial charge in [-0.2, -0.15) is 0 Å². The summed E-state index contributed by atoms with van der Waals surface area (Å²) in [5.74, 6) is -1.75. The van der Waals surface area contributed by atoms with E-state index >= 15 is 0 Å². The van der Waals surface area contributed by atoms with E-state index in [-0.39, 0.29) is 5.76 Å². The van der Waals surface area contributed by atoms with Crippen LogP contribution in [0.1, 0.15) is 6.92 Å². The van der Waals surface area contributed by atoms with Gasteiger partial charge in [-0.1, -0.05) is 0 Å². The zero-order valence-corrected chi connectivity index (χ0v) is 11.6. The average Bonchev–Trinajstić information content (AvgIpc) is 2.46. The summed E-state index contributed by atoms with van der Waals surface area (Å²) in [7, 11) is 1.10. The van der Waals surface area contributed by atoms with Gasteiger partial charge in [0.2, 0.25) is 11.7 Å². The maximum absolute atomic E-state index is 11.4. The summed E-state index contributed by atoms with van der Waals surface area (Å²) in [5, 5.41) is 40.6. The highest BCUT2D eigenvalue weighted by Gasteiger charge is 2.43. The molecule has 9 nitrogen and oxygen atoms in total. The van der Waals surface area contributed by atoms with E-state index in [1.165, 1.54) is 6.92 Å². The lowest BCUT2D eigenvalue weighted by Crippen LogP contribution is -2.59.